The SMILES string of the molecule is CCN1C(C)CCC1CC(C)C. The van der Waals surface area contributed by atoms with Gasteiger partial charge in [-0.3, -0.25) is 4.90 Å². The van der Waals surface area contributed by atoms with Crippen LogP contribution in [0.15, 0.2) is 0 Å². The molecule has 0 amide bonds. The van der Waals surface area contributed by atoms with Gasteiger partial charge in [-0.25, -0.2) is 0 Å². The fraction of sp³-hybridized carbons (Fsp3) is 1.00. The van der Waals surface area contributed by atoms with E-state index in [4.69, 9.17) is 0 Å². The van der Waals surface area contributed by atoms with Gasteiger partial charge >= 0.3 is 0 Å². The Kier molecular flexibility index (Phi) is 3.57. The molecule has 0 aromatic rings. The van der Waals surface area contributed by atoms with Crippen LogP contribution in [0.3, 0.4) is 0 Å². The van der Waals surface area contributed by atoms with E-state index in [-0.39, 0.29) is 0 Å². The maximum atomic E-state index is 2.67. The van der Waals surface area contributed by atoms with E-state index in [0.717, 1.165) is 18.0 Å². The summed E-state index contributed by atoms with van der Waals surface area (Å²) in [6.07, 6.45) is 4.22. The average molecular weight is 169 g/mol. The Balaban J connectivity index is 2.43. The summed E-state index contributed by atoms with van der Waals surface area (Å²) in [4.78, 5) is 2.67. The molecular weight excluding hydrogens is 146 g/mol. The fourth-order valence-electron chi connectivity index (χ4n) is 2.49. The van der Waals surface area contributed by atoms with Crippen LogP contribution in [0.4, 0.5) is 0 Å². The lowest BCUT2D eigenvalue weighted by atomic mass is 10.0. The average Bonchev–Trinajstić information content (AvgIpc) is 2.30. The van der Waals surface area contributed by atoms with Crippen molar-refractivity contribution in [3.63, 3.8) is 0 Å². The van der Waals surface area contributed by atoms with Gasteiger partial charge in [0.1, 0.15) is 0 Å². The second kappa shape index (κ2) is 4.27. The molecule has 0 bridgehead atoms. The van der Waals surface area contributed by atoms with Gasteiger partial charge in [0.25, 0.3) is 0 Å². The molecule has 0 spiro atoms. The highest BCUT2D eigenvalue weighted by atomic mass is 15.2. The summed E-state index contributed by atoms with van der Waals surface area (Å²) in [6.45, 7) is 10.5. The van der Waals surface area contributed by atoms with E-state index in [9.17, 15) is 0 Å². The maximum Gasteiger partial charge on any atom is 0.0101 e. The van der Waals surface area contributed by atoms with Crippen LogP contribution < -0.4 is 0 Å². The summed E-state index contributed by atoms with van der Waals surface area (Å²) in [5.41, 5.74) is 0. The van der Waals surface area contributed by atoms with Crippen molar-refractivity contribution in [1.82, 2.24) is 4.90 Å². The second-order valence-corrected chi connectivity index (χ2v) is 4.54. The molecule has 2 atom stereocenters. The van der Waals surface area contributed by atoms with Crippen LogP contribution in [-0.2, 0) is 0 Å². The first-order valence-corrected chi connectivity index (χ1v) is 5.40. The van der Waals surface area contributed by atoms with Gasteiger partial charge in [-0.15, -0.1) is 0 Å². The summed E-state index contributed by atoms with van der Waals surface area (Å²) in [5, 5.41) is 0. The summed E-state index contributed by atoms with van der Waals surface area (Å²) in [7, 11) is 0. The molecule has 72 valence electrons. The Hall–Kier alpha value is -0.0400. The predicted molar refractivity (Wildman–Crippen MR) is 54.3 cm³/mol. The van der Waals surface area contributed by atoms with Crippen molar-refractivity contribution >= 4 is 0 Å². The first kappa shape index (κ1) is 10.0. The molecule has 1 aliphatic heterocycles. The lowest BCUT2D eigenvalue weighted by Crippen LogP contribution is -2.34. The van der Waals surface area contributed by atoms with Crippen molar-refractivity contribution in [3.8, 4) is 0 Å². The van der Waals surface area contributed by atoms with Crippen LogP contribution in [0.2, 0.25) is 0 Å². The van der Waals surface area contributed by atoms with Crippen LogP contribution in [0.1, 0.15) is 47.0 Å². The highest BCUT2D eigenvalue weighted by Crippen LogP contribution is 2.27. The minimum absolute atomic E-state index is 0.832. The monoisotopic (exact) mass is 169 g/mol. The molecule has 0 saturated carbocycles. The molecule has 12 heavy (non-hydrogen) atoms. The molecule has 1 fully saturated rings. The zero-order valence-electron chi connectivity index (χ0n) is 9.01. The molecule has 1 rings (SSSR count). The molecule has 0 aromatic heterocycles. The highest BCUT2D eigenvalue weighted by molar-refractivity contribution is 4.84. The van der Waals surface area contributed by atoms with Gasteiger partial charge in [-0.2, -0.15) is 0 Å². The topological polar surface area (TPSA) is 3.24 Å². The number of nitrogens with zero attached hydrogens (tertiary/aromatic N) is 1. The lowest BCUT2D eigenvalue weighted by molar-refractivity contribution is 0.193. The zero-order chi connectivity index (χ0) is 9.14. The lowest BCUT2D eigenvalue weighted by Gasteiger charge is -2.27. The Labute approximate surface area is 77.1 Å². The van der Waals surface area contributed by atoms with Gasteiger partial charge in [-0.05, 0) is 38.6 Å². The Morgan fingerprint density at radius 1 is 1.33 bits per heavy atom. The van der Waals surface area contributed by atoms with Gasteiger partial charge in [-0.1, -0.05) is 20.8 Å². The summed E-state index contributed by atoms with van der Waals surface area (Å²) in [6, 6.07) is 1.71. The number of likely N-dealkylation sites (tertiary alicyclic amines) is 1. The van der Waals surface area contributed by atoms with E-state index >= 15 is 0 Å². The van der Waals surface area contributed by atoms with Crippen molar-refractivity contribution in [2.75, 3.05) is 6.54 Å². The van der Waals surface area contributed by atoms with E-state index in [1.807, 2.05) is 0 Å². The molecule has 1 saturated heterocycles. The van der Waals surface area contributed by atoms with Crippen molar-refractivity contribution in [3.05, 3.63) is 0 Å². The quantitative estimate of drug-likeness (QED) is 0.628. The van der Waals surface area contributed by atoms with E-state index in [0.29, 0.717) is 0 Å². The first-order chi connectivity index (χ1) is 5.65. The minimum atomic E-state index is 0.832. The maximum absolute atomic E-state index is 2.67. The number of hydrogen-bond acceptors (Lipinski definition) is 1. The smallest absolute Gasteiger partial charge is 0.0101 e. The van der Waals surface area contributed by atoms with Gasteiger partial charge < -0.3 is 0 Å². The molecule has 2 unspecified atom stereocenters. The van der Waals surface area contributed by atoms with Crippen LogP contribution in [0.5, 0.6) is 0 Å². The third-order valence-electron chi connectivity index (χ3n) is 3.06. The van der Waals surface area contributed by atoms with Crippen LogP contribution in [0, 0.1) is 5.92 Å². The van der Waals surface area contributed by atoms with Crippen LogP contribution >= 0.6 is 0 Å². The van der Waals surface area contributed by atoms with Crippen molar-refractivity contribution < 1.29 is 0 Å². The standard InChI is InChI=1S/C11H23N/c1-5-12-10(4)6-7-11(12)8-9(2)3/h9-11H,5-8H2,1-4H3. The van der Waals surface area contributed by atoms with Gasteiger partial charge in [0.15, 0.2) is 0 Å². The molecule has 1 nitrogen and oxygen atoms in total. The highest BCUT2D eigenvalue weighted by Gasteiger charge is 2.28. The Morgan fingerprint density at radius 2 is 2.00 bits per heavy atom. The largest absolute Gasteiger partial charge is 0.298 e. The van der Waals surface area contributed by atoms with Gasteiger partial charge in [0.05, 0.1) is 0 Å². The normalized spacial score (nSPS) is 31.8. The van der Waals surface area contributed by atoms with Crippen molar-refractivity contribution in [2.24, 2.45) is 5.92 Å². The molecule has 1 aliphatic rings. The summed E-state index contributed by atoms with van der Waals surface area (Å²) in [5.74, 6) is 0.856. The molecular formula is C11H23N. The number of hydrogen-bond donors (Lipinski definition) is 0. The van der Waals surface area contributed by atoms with Gasteiger partial charge in [0, 0.05) is 12.1 Å². The van der Waals surface area contributed by atoms with E-state index in [1.165, 1.54) is 25.8 Å². The van der Waals surface area contributed by atoms with E-state index in [2.05, 4.69) is 32.6 Å². The van der Waals surface area contributed by atoms with Crippen LogP contribution in [-0.4, -0.2) is 23.5 Å². The zero-order valence-corrected chi connectivity index (χ0v) is 9.01. The van der Waals surface area contributed by atoms with Crippen molar-refractivity contribution in [1.29, 1.82) is 0 Å². The Morgan fingerprint density at radius 3 is 2.50 bits per heavy atom. The van der Waals surface area contributed by atoms with Crippen molar-refractivity contribution in [2.45, 2.75) is 59.0 Å². The predicted octanol–water partition coefficient (Wildman–Crippen LogP) is 2.91. The van der Waals surface area contributed by atoms with E-state index in [1.54, 1.807) is 0 Å². The third kappa shape index (κ3) is 2.22. The molecule has 0 aliphatic carbocycles. The fourth-order valence-corrected chi connectivity index (χ4v) is 2.49. The first-order valence-electron chi connectivity index (χ1n) is 5.40. The molecule has 1 heteroatoms. The molecule has 0 radical (unpaired) electrons. The molecule has 0 N–H and O–H groups in total. The second-order valence-electron chi connectivity index (χ2n) is 4.54. The minimum Gasteiger partial charge on any atom is -0.298 e. The molecule has 1 heterocycles. The summed E-state index contributed by atoms with van der Waals surface area (Å²) >= 11 is 0. The van der Waals surface area contributed by atoms with Crippen LogP contribution in [0.25, 0.3) is 0 Å². The Bertz CT molecular complexity index is 131. The third-order valence-corrected chi connectivity index (χ3v) is 3.06. The number of rotatable bonds is 3. The summed E-state index contributed by atoms with van der Waals surface area (Å²) < 4.78 is 0. The molecule has 0 aromatic carbocycles. The van der Waals surface area contributed by atoms with Gasteiger partial charge in [0.2, 0.25) is 0 Å². The van der Waals surface area contributed by atoms with E-state index < -0.39 is 0 Å².